The van der Waals surface area contributed by atoms with Crippen molar-refractivity contribution in [3.8, 4) is 0 Å². The summed E-state index contributed by atoms with van der Waals surface area (Å²) in [6.07, 6.45) is 3.09. The lowest BCUT2D eigenvalue weighted by Gasteiger charge is -1.94. The lowest BCUT2D eigenvalue weighted by molar-refractivity contribution is 0.948. The average molecular weight is 190 g/mol. The average Bonchev–Trinajstić information content (AvgIpc) is 2.51. The molecule has 2 nitrogen and oxygen atoms in total. The molecule has 0 bridgehead atoms. The van der Waals surface area contributed by atoms with Crippen molar-refractivity contribution in [1.82, 2.24) is 9.55 Å². The molecule has 1 aromatic carbocycles. The highest BCUT2D eigenvalue weighted by molar-refractivity contribution is 5.78. The summed E-state index contributed by atoms with van der Waals surface area (Å²) in [5.74, 6) is 0. The van der Waals surface area contributed by atoms with Crippen LogP contribution < -0.4 is 0 Å². The summed E-state index contributed by atoms with van der Waals surface area (Å²) in [7, 11) is 2.01. The minimum absolute atomic E-state index is 1.11. The number of fused-ring (bicyclic) bond motifs is 1. The standard InChI is InChI=1S/C9H10N2.C3H8/c1-7-4-3-5-8-9(7)10-6-11(8)2;1-3-2/h3-6H,1-2H3;3H2,1-2H3. The molecule has 0 aliphatic heterocycles. The van der Waals surface area contributed by atoms with Gasteiger partial charge in [-0.2, -0.15) is 0 Å². The lowest BCUT2D eigenvalue weighted by atomic mass is 10.2. The first-order valence-corrected chi connectivity index (χ1v) is 5.07. The number of benzene rings is 1. The normalized spacial score (nSPS) is 9.71. The van der Waals surface area contributed by atoms with E-state index >= 15 is 0 Å². The molecule has 2 aromatic rings. The SMILES string of the molecule is CCC.Cc1cccc2c1ncn2C. The van der Waals surface area contributed by atoms with E-state index in [4.69, 9.17) is 0 Å². The monoisotopic (exact) mass is 190 g/mol. The van der Waals surface area contributed by atoms with Crippen LogP contribution in [0.3, 0.4) is 0 Å². The lowest BCUT2D eigenvalue weighted by Crippen LogP contribution is -1.83. The Kier molecular flexibility index (Phi) is 3.69. The zero-order valence-electron chi connectivity index (χ0n) is 9.41. The van der Waals surface area contributed by atoms with Crippen LogP contribution in [0, 0.1) is 6.92 Å². The smallest absolute Gasteiger partial charge is 0.0955 e. The summed E-state index contributed by atoms with van der Waals surface area (Å²) in [5, 5.41) is 0. The second kappa shape index (κ2) is 4.80. The Balaban J connectivity index is 0.000000293. The number of hydrogen-bond acceptors (Lipinski definition) is 1. The first kappa shape index (κ1) is 10.8. The number of imidazole rings is 1. The van der Waals surface area contributed by atoms with E-state index in [9.17, 15) is 0 Å². The van der Waals surface area contributed by atoms with Gasteiger partial charge in [0.2, 0.25) is 0 Å². The Hall–Kier alpha value is -1.31. The molecule has 1 aromatic heterocycles. The van der Waals surface area contributed by atoms with Crippen LogP contribution >= 0.6 is 0 Å². The molecule has 2 heteroatoms. The topological polar surface area (TPSA) is 17.8 Å². The highest BCUT2D eigenvalue weighted by atomic mass is 15.0. The number of rotatable bonds is 0. The van der Waals surface area contributed by atoms with Gasteiger partial charge in [0.05, 0.1) is 17.4 Å². The molecule has 0 amide bonds. The van der Waals surface area contributed by atoms with Crippen LogP contribution in [0.4, 0.5) is 0 Å². The van der Waals surface area contributed by atoms with E-state index in [0.717, 1.165) is 5.52 Å². The predicted octanol–water partition coefficient (Wildman–Crippen LogP) is 3.30. The van der Waals surface area contributed by atoms with E-state index in [0.29, 0.717) is 0 Å². The van der Waals surface area contributed by atoms with Crippen LogP contribution in [0.15, 0.2) is 24.5 Å². The van der Waals surface area contributed by atoms with Crippen molar-refractivity contribution in [1.29, 1.82) is 0 Å². The Labute approximate surface area is 85.6 Å². The molecule has 0 radical (unpaired) electrons. The summed E-state index contributed by atoms with van der Waals surface area (Å²) in [4.78, 5) is 4.28. The zero-order valence-corrected chi connectivity index (χ0v) is 9.41. The first-order valence-electron chi connectivity index (χ1n) is 5.07. The summed E-state index contributed by atoms with van der Waals surface area (Å²) >= 11 is 0. The van der Waals surface area contributed by atoms with E-state index in [-0.39, 0.29) is 0 Å². The number of nitrogens with zero attached hydrogens (tertiary/aromatic N) is 2. The van der Waals surface area contributed by atoms with Crippen molar-refractivity contribution < 1.29 is 0 Å². The van der Waals surface area contributed by atoms with E-state index in [2.05, 4.69) is 44.0 Å². The summed E-state index contributed by atoms with van der Waals surface area (Å²) < 4.78 is 2.03. The molecule has 0 saturated carbocycles. The van der Waals surface area contributed by atoms with Gasteiger partial charge in [0.25, 0.3) is 0 Å². The molecular weight excluding hydrogens is 172 g/mol. The van der Waals surface area contributed by atoms with Gasteiger partial charge in [-0.3, -0.25) is 0 Å². The van der Waals surface area contributed by atoms with Gasteiger partial charge in [0.1, 0.15) is 0 Å². The Bertz CT molecular complexity index is 402. The van der Waals surface area contributed by atoms with E-state index < -0.39 is 0 Å². The molecule has 0 saturated heterocycles. The van der Waals surface area contributed by atoms with Crippen LogP contribution in [0.1, 0.15) is 25.8 Å². The van der Waals surface area contributed by atoms with Gasteiger partial charge < -0.3 is 4.57 Å². The molecule has 76 valence electrons. The fourth-order valence-corrected chi connectivity index (χ4v) is 1.30. The van der Waals surface area contributed by atoms with E-state index in [1.807, 2.05) is 17.9 Å². The zero-order chi connectivity index (χ0) is 10.6. The van der Waals surface area contributed by atoms with Crippen molar-refractivity contribution in [2.75, 3.05) is 0 Å². The molecule has 0 aliphatic rings. The first-order chi connectivity index (χ1) is 6.70. The van der Waals surface area contributed by atoms with Gasteiger partial charge in [-0.1, -0.05) is 32.4 Å². The minimum Gasteiger partial charge on any atom is -0.334 e. The largest absolute Gasteiger partial charge is 0.334 e. The van der Waals surface area contributed by atoms with Crippen LogP contribution in [-0.2, 0) is 7.05 Å². The maximum Gasteiger partial charge on any atom is 0.0955 e. The molecular formula is C12H18N2. The van der Waals surface area contributed by atoms with Gasteiger partial charge in [0.15, 0.2) is 0 Å². The highest BCUT2D eigenvalue weighted by Crippen LogP contribution is 2.14. The third-order valence-corrected chi connectivity index (χ3v) is 1.96. The Morgan fingerprint density at radius 3 is 2.50 bits per heavy atom. The second-order valence-electron chi connectivity index (χ2n) is 3.51. The van der Waals surface area contributed by atoms with Gasteiger partial charge in [-0.25, -0.2) is 4.98 Å². The third-order valence-electron chi connectivity index (χ3n) is 1.96. The Morgan fingerprint density at radius 2 is 1.93 bits per heavy atom. The number of aromatic nitrogens is 2. The maximum absolute atomic E-state index is 4.28. The maximum atomic E-state index is 4.28. The van der Waals surface area contributed by atoms with Crippen molar-refractivity contribution in [3.05, 3.63) is 30.1 Å². The third kappa shape index (κ3) is 2.13. The van der Waals surface area contributed by atoms with E-state index in [1.165, 1.54) is 17.5 Å². The summed E-state index contributed by atoms with van der Waals surface area (Å²) in [6, 6.07) is 6.21. The van der Waals surface area contributed by atoms with Crippen LogP contribution in [-0.4, -0.2) is 9.55 Å². The Morgan fingerprint density at radius 1 is 1.29 bits per heavy atom. The van der Waals surface area contributed by atoms with Crippen molar-refractivity contribution >= 4 is 11.0 Å². The van der Waals surface area contributed by atoms with Crippen LogP contribution in [0.25, 0.3) is 11.0 Å². The molecule has 14 heavy (non-hydrogen) atoms. The minimum atomic E-state index is 1.11. The molecule has 2 rings (SSSR count). The summed E-state index contributed by atoms with van der Waals surface area (Å²) in [6.45, 7) is 6.33. The van der Waals surface area contributed by atoms with Crippen LogP contribution in [0.2, 0.25) is 0 Å². The fraction of sp³-hybridized carbons (Fsp3) is 0.417. The van der Waals surface area contributed by atoms with Gasteiger partial charge >= 0.3 is 0 Å². The fourth-order valence-electron chi connectivity index (χ4n) is 1.30. The van der Waals surface area contributed by atoms with Gasteiger partial charge in [0, 0.05) is 7.05 Å². The molecule has 1 heterocycles. The molecule has 0 N–H and O–H groups in total. The molecule has 0 aliphatic carbocycles. The number of aryl methyl sites for hydroxylation is 2. The number of para-hydroxylation sites is 1. The van der Waals surface area contributed by atoms with E-state index in [1.54, 1.807) is 0 Å². The highest BCUT2D eigenvalue weighted by Gasteiger charge is 1.99. The van der Waals surface area contributed by atoms with Crippen molar-refractivity contribution in [2.45, 2.75) is 27.2 Å². The van der Waals surface area contributed by atoms with Gasteiger partial charge in [-0.15, -0.1) is 0 Å². The molecule has 0 fully saturated rings. The summed E-state index contributed by atoms with van der Waals surface area (Å²) in [5.41, 5.74) is 3.54. The van der Waals surface area contributed by atoms with Crippen molar-refractivity contribution in [3.63, 3.8) is 0 Å². The number of hydrogen-bond donors (Lipinski definition) is 0. The second-order valence-corrected chi connectivity index (χ2v) is 3.51. The molecule has 0 spiro atoms. The van der Waals surface area contributed by atoms with Crippen LogP contribution in [0.5, 0.6) is 0 Å². The van der Waals surface area contributed by atoms with Gasteiger partial charge in [-0.05, 0) is 18.6 Å². The quantitative estimate of drug-likeness (QED) is 0.623. The van der Waals surface area contributed by atoms with Crippen molar-refractivity contribution in [2.24, 2.45) is 7.05 Å². The predicted molar refractivity (Wildman–Crippen MR) is 61.4 cm³/mol. The molecule has 0 atom stereocenters. The molecule has 0 unspecified atom stereocenters.